The van der Waals surface area contributed by atoms with E-state index in [0.717, 1.165) is 6.07 Å². The summed E-state index contributed by atoms with van der Waals surface area (Å²) in [6.07, 6.45) is 1.46. The fourth-order valence-corrected chi connectivity index (χ4v) is 3.83. The van der Waals surface area contributed by atoms with Gasteiger partial charge < -0.3 is 5.11 Å². The summed E-state index contributed by atoms with van der Waals surface area (Å²) in [5, 5.41) is 9.01. The second-order valence-electron chi connectivity index (χ2n) is 3.82. The largest absolute Gasteiger partial charge is 0.478 e. The summed E-state index contributed by atoms with van der Waals surface area (Å²) in [5.74, 6) is -1.29. The number of benzene rings is 1. The standard InChI is InChI=1S/C12H13BrClNO4S/c1-3-5-15(4-2)20(18,19)8-6-9(12(16)17)11(14)10(13)7-8/h3,6-7H,1,4-5H2,2H3,(H,16,17). The molecule has 0 atom stereocenters. The van der Waals surface area contributed by atoms with E-state index < -0.39 is 16.0 Å². The van der Waals surface area contributed by atoms with Crippen LogP contribution in [0.2, 0.25) is 5.02 Å². The van der Waals surface area contributed by atoms with Crippen LogP contribution in [-0.4, -0.2) is 36.9 Å². The smallest absolute Gasteiger partial charge is 0.337 e. The molecular weight excluding hydrogens is 370 g/mol. The first kappa shape index (κ1) is 17.2. The van der Waals surface area contributed by atoms with Crippen molar-refractivity contribution in [1.82, 2.24) is 4.31 Å². The Bertz CT molecular complexity index is 645. The Morgan fingerprint density at radius 1 is 1.55 bits per heavy atom. The van der Waals surface area contributed by atoms with Gasteiger partial charge in [0.15, 0.2) is 0 Å². The van der Waals surface area contributed by atoms with E-state index in [-0.39, 0.29) is 33.0 Å². The maximum absolute atomic E-state index is 12.4. The number of rotatable bonds is 6. The predicted molar refractivity (Wildman–Crippen MR) is 80.7 cm³/mol. The van der Waals surface area contributed by atoms with E-state index in [1.807, 2.05) is 0 Å². The Morgan fingerprint density at radius 2 is 2.15 bits per heavy atom. The van der Waals surface area contributed by atoms with Crippen LogP contribution in [0.1, 0.15) is 17.3 Å². The molecule has 0 saturated carbocycles. The molecule has 0 spiro atoms. The molecule has 1 aromatic carbocycles. The minimum Gasteiger partial charge on any atom is -0.478 e. The number of carbonyl (C=O) groups is 1. The van der Waals surface area contributed by atoms with Crippen molar-refractivity contribution in [2.75, 3.05) is 13.1 Å². The van der Waals surface area contributed by atoms with Gasteiger partial charge in [-0.15, -0.1) is 6.58 Å². The van der Waals surface area contributed by atoms with E-state index in [2.05, 4.69) is 22.5 Å². The van der Waals surface area contributed by atoms with Gasteiger partial charge in [0.05, 0.1) is 15.5 Å². The minimum atomic E-state index is -3.80. The first-order chi connectivity index (χ1) is 9.25. The van der Waals surface area contributed by atoms with E-state index in [1.165, 1.54) is 16.4 Å². The summed E-state index contributed by atoms with van der Waals surface area (Å²) in [6.45, 7) is 5.57. The summed E-state index contributed by atoms with van der Waals surface area (Å²) in [4.78, 5) is 11.0. The number of likely N-dealkylation sites (N-methyl/N-ethyl adjacent to an activating group) is 1. The lowest BCUT2D eigenvalue weighted by atomic mass is 10.2. The normalized spacial score (nSPS) is 11.6. The van der Waals surface area contributed by atoms with Crippen molar-refractivity contribution < 1.29 is 18.3 Å². The molecular formula is C12H13BrClNO4S. The number of carboxylic acid groups (broad SMARTS) is 1. The highest BCUT2D eigenvalue weighted by Gasteiger charge is 2.25. The lowest BCUT2D eigenvalue weighted by Crippen LogP contribution is -2.31. The molecule has 0 heterocycles. The Morgan fingerprint density at radius 3 is 2.60 bits per heavy atom. The second kappa shape index (κ2) is 6.71. The molecule has 0 saturated heterocycles. The molecule has 0 bridgehead atoms. The van der Waals surface area contributed by atoms with Crippen molar-refractivity contribution in [1.29, 1.82) is 0 Å². The lowest BCUT2D eigenvalue weighted by Gasteiger charge is -2.19. The highest BCUT2D eigenvalue weighted by molar-refractivity contribution is 9.10. The molecule has 0 aliphatic carbocycles. The molecule has 8 heteroatoms. The predicted octanol–water partition coefficient (Wildman–Crippen LogP) is 3.00. The van der Waals surface area contributed by atoms with E-state index in [9.17, 15) is 13.2 Å². The molecule has 0 unspecified atom stereocenters. The van der Waals surface area contributed by atoms with Crippen LogP contribution in [0, 0.1) is 0 Å². The fourth-order valence-electron chi connectivity index (χ4n) is 1.56. The number of carboxylic acids is 1. The fraction of sp³-hybridized carbons (Fsp3) is 0.250. The van der Waals surface area contributed by atoms with Crippen molar-refractivity contribution in [3.05, 3.63) is 39.8 Å². The van der Waals surface area contributed by atoms with Gasteiger partial charge in [0.2, 0.25) is 10.0 Å². The molecule has 20 heavy (non-hydrogen) atoms. The van der Waals surface area contributed by atoms with Crippen LogP contribution in [-0.2, 0) is 10.0 Å². The zero-order valence-corrected chi connectivity index (χ0v) is 13.8. The van der Waals surface area contributed by atoms with E-state index in [4.69, 9.17) is 16.7 Å². The summed E-state index contributed by atoms with van der Waals surface area (Å²) in [6, 6.07) is 2.34. The first-order valence-electron chi connectivity index (χ1n) is 5.59. The highest BCUT2D eigenvalue weighted by Crippen LogP contribution is 2.31. The van der Waals surface area contributed by atoms with E-state index >= 15 is 0 Å². The van der Waals surface area contributed by atoms with Gasteiger partial charge in [-0.2, -0.15) is 4.31 Å². The molecule has 0 fully saturated rings. The Balaban J connectivity index is 3.46. The molecule has 1 aromatic rings. The molecule has 0 amide bonds. The average Bonchev–Trinajstić information content (AvgIpc) is 2.38. The summed E-state index contributed by atoms with van der Waals surface area (Å²) in [7, 11) is -3.80. The van der Waals surface area contributed by atoms with Crippen molar-refractivity contribution in [2.45, 2.75) is 11.8 Å². The van der Waals surface area contributed by atoms with Crippen molar-refractivity contribution in [3.8, 4) is 0 Å². The van der Waals surface area contributed by atoms with Gasteiger partial charge in [-0.1, -0.05) is 24.6 Å². The zero-order valence-electron chi connectivity index (χ0n) is 10.6. The van der Waals surface area contributed by atoms with Crippen LogP contribution in [0.5, 0.6) is 0 Å². The van der Waals surface area contributed by atoms with Gasteiger partial charge in [-0.25, -0.2) is 13.2 Å². The second-order valence-corrected chi connectivity index (χ2v) is 6.99. The van der Waals surface area contributed by atoms with Gasteiger partial charge in [0.1, 0.15) is 0 Å². The number of nitrogens with zero attached hydrogens (tertiary/aromatic N) is 1. The molecule has 0 radical (unpaired) electrons. The van der Waals surface area contributed by atoms with E-state index in [1.54, 1.807) is 6.92 Å². The SMILES string of the molecule is C=CCN(CC)S(=O)(=O)c1cc(Br)c(Cl)c(C(=O)O)c1. The van der Waals surface area contributed by atoms with Crippen molar-refractivity contribution in [3.63, 3.8) is 0 Å². The first-order valence-corrected chi connectivity index (χ1v) is 8.20. The molecule has 0 aliphatic rings. The molecule has 0 aliphatic heterocycles. The quantitative estimate of drug-likeness (QED) is 0.768. The summed E-state index contributed by atoms with van der Waals surface area (Å²) >= 11 is 8.90. The number of sulfonamides is 1. The third-order valence-electron chi connectivity index (χ3n) is 2.56. The Labute approximate surface area is 131 Å². The van der Waals surface area contributed by atoms with Gasteiger partial charge >= 0.3 is 5.97 Å². The van der Waals surface area contributed by atoms with Crippen LogP contribution in [0.3, 0.4) is 0 Å². The maximum Gasteiger partial charge on any atom is 0.337 e. The molecule has 110 valence electrons. The van der Waals surface area contributed by atoms with Crippen LogP contribution in [0.4, 0.5) is 0 Å². The van der Waals surface area contributed by atoms with Gasteiger partial charge in [-0.05, 0) is 28.1 Å². The lowest BCUT2D eigenvalue weighted by molar-refractivity contribution is 0.0696. The average molecular weight is 383 g/mol. The van der Waals surface area contributed by atoms with Crippen molar-refractivity contribution in [2.24, 2.45) is 0 Å². The van der Waals surface area contributed by atoms with Crippen LogP contribution >= 0.6 is 27.5 Å². The van der Waals surface area contributed by atoms with E-state index in [0.29, 0.717) is 0 Å². The number of hydrogen-bond donors (Lipinski definition) is 1. The summed E-state index contributed by atoms with van der Waals surface area (Å²) in [5.41, 5.74) is -0.269. The Kier molecular flexibility index (Phi) is 5.76. The minimum absolute atomic E-state index is 0.0387. The third kappa shape index (κ3) is 3.41. The van der Waals surface area contributed by atoms with Gasteiger partial charge in [0.25, 0.3) is 0 Å². The molecule has 5 nitrogen and oxygen atoms in total. The number of aromatic carboxylic acids is 1. The third-order valence-corrected chi connectivity index (χ3v) is 5.73. The van der Waals surface area contributed by atoms with Crippen molar-refractivity contribution >= 4 is 43.5 Å². The zero-order chi connectivity index (χ0) is 15.5. The van der Waals surface area contributed by atoms with Crippen LogP contribution in [0.25, 0.3) is 0 Å². The van der Waals surface area contributed by atoms with Crippen LogP contribution < -0.4 is 0 Å². The molecule has 1 rings (SSSR count). The summed E-state index contributed by atoms with van der Waals surface area (Å²) < 4.78 is 26.2. The topological polar surface area (TPSA) is 74.7 Å². The highest BCUT2D eigenvalue weighted by atomic mass is 79.9. The number of halogens is 2. The number of hydrogen-bond acceptors (Lipinski definition) is 3. The molecule has 1 N–H and O–H groups in total. The maximum atomic E-state index is 12.4. The van der Waals surface area contributed by atoms with Crippen LogP contribution in [0.15, 0.2) is 34.2 Å². The Hall–Kier alpha value is -0.890. The monoisotopic (exact) mass is 381 g/mol. The molecule has 0 aromatic heterocycles. The van der Waals surface area contributed by atoms with Gasteiger partial charge in [0, 0.05) is 17.6 Å². The van der Waals surface area contributed by atoms with Gasteiger partial charge in [-0.3, -0.25) is 0 Å².